The molecule has 0 spiro atoms. The molecule has 18 heavy (non-hydrogen) atoms. The van der Waals surface area contributed by atoms with Crippen LogP contribution in [0.1, 0.15) is 18.9 Å². The molecule has 0 amide bonds. The van der Waals surface area contributed by atoms with Gasteiger partial charge in [-0.3, -0.25) is 0 Å². The second-order valence-electron chi connectivity index (χ2n) is 4.00. The number of para-hydroxylation sites is 1. The third-order valence-corrected chi connectivity index (χ3v) is 2.44. The highest BCUT2D eigenvalue weighted by atomic mass is 19.4. The van der Waals surface area contributed by atoms with E-state index in [1.807, 2.05) is 6.92 Å². The van der Waals surface area contributed by atoms with Gasteiger partial charge in [-0.25, -0.2) is 4.39 Å². The topological polar surface area (TPSA) is 35.2 Å². The van der Waals surface area contributed by atoms with Crippen LogP contribution in [0.4, 0.5) is 17.6 Å². The first-order chi connectivity index (χ1) is 8.33. The van der Waals surface area contributed by atoms with Crippen molar-refractivity contribution in [2.75, 3.05) is 6.61 Å². The number of alkyl halides is 3. The van der Waals surface area contributed by atoms with Gasteiger partial charge in [0.2, 0.25) is 0 Å². The number of benzene rings is 1. The molecule has 1 aromatic rings. The van der Waals surface area contributed by atoms with Crippen molar-refractivity contribution in [2.45, 2.75) is 32.0 Å². The average molecular weight is 265 g/mol. The molecule has 0 fully saturated rings. The smallest absolute Gasteiger partial charge is 0.422 e. The largest absolute Gasteiger partial charge is 0.481 e. The Morgan fingerprint density at radius 3 is 2.56 bits per heavy atom. The van der Waals surface area contributed by atoms with Crippen molar-refractivity contribution in [2.24, 2.45) is 5.73 Å². The summed E-state index contributed by atoms with van der Waals surface area (Å²) >= 11 is 0. The van der Waals surface area contributed by atoms with Gasteiger partial charge in [-0.05, 0) is 24.5 Å². The predicted molar refractivity (Wildman–Crippen MR) is 59.9 cm³/mol. The van der Waals surface area contributed by atoms with E-state index in [0.29, 0.717) is 12.0 Å². The Labute approximate surface area is 103 Å². The van der Waals surface area contributed by atoms with Crippen LogP contribution in [0.25, 0.3) is 0 Å². The molecule has 0 heterocycles. The normalized spacial score (nSPS) is 13.4. The van der Waals surface area contributed by atoms with E-state index in [1.165, 1.54) is 12.1 Å². The van der Waals surface area contributed by atoms with Gasteiger partial charge in [0.25, 0.3) is 0 Å². The summed E-state index contributed by atoms with van der Waals surface area (Å²) in [6.45, 7) is 0.336. The lowest BCUT2D eigenvalue weighted by Crippen LogP contribution is -2.23. The molecule has 0 aromatic heterocycles. The van der Waals surface area contributed by atoms with E-state index in [1.54, 1.807) is 0 Å². The third kappa shape index (κ3) is 4.52. The lowest BCUT2D eigenvalue weighted by Gasteiger charge is -2.16. The molecular weight excluding hydrogens is 250 g/mol. The zero-order chi connectivity index (χ0) is 13.8. The summed E-state index contributed by atoms with van der Waals surface area (Å²) in [5.74, 6) is -1.17. The van der Waals surface area contributed by atoms with Crippen LogP contribution in [-0.4, -0.2) is 18.8 Å². The van der Waals surface area contributed by atoms with Crippen LogP contribution in [0.3, 0.4) is 0 Å². The molecule has 0 aliphatic heterocycles. The molecule has 1 rings (SSSR count). The molecule has 2 N–H and O–H groups in total. The maximum absolute atomic E-state index is 13.4. The van der Waals surface area contributed by atoms with E-state index < -0.39 is 18.6 Å². The van der Waals surface area contributed by atoms with Crippen molar-refractivity contribution < 1.29 is 22.3 Å². The van der Waals surface area contributed by atoms with Crippen LogP contribution in [0, 0.1) is 5.82 Å². The van der Waals surface area contributed by atoms with E-state index in [2.05, 4.69) is 4.74 Å². The maximum atomic E-state index is 13.4. The zero-order valence-corrected chi connectivity index (χ0v) is 9.93. The molecular formula is C12H15F4NO. The summed E-state index contributed by atoms with van der Waals surface area (Å²) in [6.07, 6.45) is -3.57. The van der Waals surface area contributed by atoms with E-state index in [0.717, 1.165) is 6.07 Å². The van der Waals surface area contributed by atoms with Crippen molar-refractivity contribution in [1.29, 1.82) is 0 Å². The highest BCUT2D eigenvalue weighted by Crippen LogP contribution is 2.26. The lowest BCUT2D eigenvalue weighted by molar-refractivity contribution is -0.153. The number of hydrogen-bond donors (Lipinski definition) is 1. The minimum Gasteiger partial charge on any atom is -0.481 e. The van der Waals surface area contributed by atoms with Crippen LogP contribution in [-0.2, 0) is 6.42 Å². The Kier molecular flexibility index (Phi) is 4.95. The minimum atomic E-state index is -4.49. The van der Waals surface area contributed by atoms with Gasteiger partial charge < -0.3 is 10.5 Å². The molecule has 0 radical (unpaired) electrons. The second-order valence-corrected chi connectivity index (χ2v) is 4.00. The summed E-state index contributed by atoms with van der Waals surface area (Å²) in [5.41, 5.74) is 6.06. The van der Waals surface area contributed by atoms with E-state index in [4.69, 9.17) is 5.73 Å². The molecule has 102 valence electrons. The van der Waals surface area contributed by atoms with E-state index >= 15 is 0 Å². The molecule has 0 saturated carbocycles. The molecule has 1 aromatic carbocycles. The second kappa shape index (κ2) is 6.04. The molecule has 6 heteroatoms. The molecule has 1 atom stereocenters. The zero-order valence-electron chi connectivity index (χ0n) is 9.93. The highest BCUT2D eigenvalue weighted by molar-refractivity contribution is 5.35. The van der Waals surface area contributed by atoms with Crippen molar-refractivity contribution in [3.05, 3.63) is 29.6 Å². The fraction of sp³-hybridized carbons (Fsp3) is 0.500. The van der Waals surface area contributed by atoms with Gasteiger partial charge in [-0.15, -0.1) is 0 Å². The summed E-state index contributed by atoms with van der Waals surface area (Å²) in [5, 5.41) is 0. The summed E-state index contributed by atoms with van der Waals surface area (Å²) < 4.78 is 54.2. The number of halogens is 4. The van der Waals surface area contributed by atoms with Gasteiger partial charge in [-0.1, -0.05) is 19.1 Å². The summed E-state index contributed by atoms with van der Waals surface area (Å²) in [4.78, 5) is 0. The number of ether oxygens (including phenoxy) is 1. The SMILES string of the molecule is CCC(N)Cc1cccc(F)c1OCC(F)(F)F. The van der Waals surface area contributed by atoms with Crippen LogP contribution in [0.5, 0.6) is 5.75 Å². The Balaban J connectivity index is 2.87. The summed E-state index contributed by atoms with van der Waals surface area (Å²) in [6, 6.07) is 3.77. The Morgan fingerprint density at radius 2 is 2.00 bits per heavy atom. The predicted octanol–water partition coefficient (Wildman–Crippen LogP) is 3.05. The number of rotatable bonds is 5. The van der Waals surface area contributed by atoms with Crippen LogP contribution in [0.15, 0.2) is 18.2 Å². The Hall–Kier alpha value is -1.30. The van der Waals surface area contributed by atoms with Crippen molar-refractivity contribution >= 4 is 0 Å². The van der Waals surface area contributed by atoms with Gasteiger partial charge in [0.05, 0.1) is 0 Å². The van der Waals surface area contributed by atoms with Crippen LogP contribution < -0.4 is 10.5 Å². The number of nitrogens with two attached hydrogens (primary N) is 1. The third-order valence-electron chi connectivity index (χ3n) is 2.44. The number of hydrogen-bond acceptors (Lipinski definition) is 2. The first kappa shape index (κ1) is 14.8. The molecule has 0 saturated heterocycles. The van der Waals surface area contributed by atoms with Crippen LogP contribution in [0.2, 0.25) is 0 Å². The first-order valence-electron chi connectivity index (χ1n) is 5.56. The monoisotopic (exact) mass is 265 g/mol. The van der Waals surface area contributed by atoms with Gasteiger partial charge in [-0.2, -0.15) is 13.2 Å². The minimum absolute atomic E-state index is 0.236. The Bertz CT molecular complexity index is 392. The fourth-order valence-electron chi connectivity index (χ4n) is 1.46. The quantitative estimate of drug-likeness (QED) is 0.830. The lowest BCUT2D eigenvalue weighted by atomic mass is 10.0. The molecule has 1 unspecified atom stereocenters. The van der Waals surface area contributed by atoms with E-state index in [-0.39, 0.29) is 18.2 Å². The highest BCUT2D eigenvalue weighted by Gasteiger charge is 2.29. The molecule has 0 bridgehead atoms. The van der Waals surface area contributed by atoms with E-state index in [9.17, 15) is 17.6 Å². The fourth-order valence-corrected chi connectivity index (χ4v) is 1.46. The van der Waals surface area contributed by atoms with Crippen molar-refractivity contribution in [1.82, 2.24) is 0 Å². The van der Waals surface area contributed by atoms with Crippen molar-refractivity contribution in [3.8, 4) is 5.75 Å². The van der Waals surface area contributed by atoms with Gasteiger partial charge >= 0.3 is 6.18 Å². The maximum Gasteiger partial charge on any atom is 0.422 e. The molecule has 0 aliphatic carbocycles. The van der Waals surface area contributed by atoms with Gasteiger partial charge in [0.1, 0.15) is 0 Å². The standard InChI is InChI=1S/C12H15F4NO/c1-2-9(17)6-8-4-3-5-10(13)11(8)18-7-12(14,15)16/h3-5,9H,2,6-7,17H2,1H3. The summed E-state index contributed by atoms with van der Waals surface area (Å²) in [7, 11) is 0. The van der Waals surface area contributed by atoms with Crippen molar-refractivity contribution in [3.63, 3.8) is 0 Å². The molecule has 2 nitrogen and oxygen atoms in total. The van der Waals surface area contributed by atoms with Crippen LogP contribution >= 0.6 is 0 Å². The van der Waals surface area contributed by atoms with Gasteiger partial charge in [0.15, 0.2) is 18.2 Å². The Morgan fingerprint density at radius 1 is 1.33 bits per heavy atom. The first-order valence-corrected chi connectivity index (χ1v) is 5.56. The van der Waals surface area contributed by atoms with Gasteiger partial charge in [0, 0.05) is 6.04 Å². The molecule has 0 aliphatic rings. The average Bonchev–Trinajstić information content (AvgIpc) is 2.26.